The maximum atomic E-state index is 5.04. The van der Waals surface area contributed by atoms with Crippen LogP contribution in [-0.2, 0) is 4.74 Å². The molecule has 0 amide bonds. The molecule has 0 aromatic rings. The van der Waals surface area contributed by atoms with E-state index < -0.39 is 0 Å². The molecular weight excluding hydrogens is 102 g/mol. The SMILES string of the molecule is CCN(C)C[C@H]1CO1. The number of epoxide rings is 1. The lowest BCUT2D eigenvalue weighted by atomic mass is 10.4. The van der Waals surface area contributed by atoms with Crippen LogP contribution < -0.4 is 0 Å². The fourth-order valence-electron chi connectivity index (χ4n) is 0.650. The fraction of sp³-hybridized carbons (Fsp3) is 1.00. The summed E-state index contributed by atoms with van der Waals surface area (Å²) in [4.78, 5) is 2.26. The molecular formula is C6H13NO. The summed E-state index contributed by atoms with van der Waals surface area (Å²) in [6, 6.07) is 0. The predicted molar refractivity (Wildman–Crippen MR) is 32.9 cm³/mol. The third-order valence-electron chi connectivity index (χ3n) is 1.46. The van der Waals surface area contributed by atoms with Gasteiger partial charge in [0, 0.05) is 6.54 Å². The molecule has 2 heteroatoms. The molecule has 0 aromatic carbocycles. The first kappa shape index (κ1) is 6.05. The molecule has 0 aromatic heterocycles. The Kier molecular flexibility index (Phi) is 1.86. The van der Waals surface area contributed by atoms with E-state index in [4.69, 9.17) is 4.74 Å². The molecule has 0 radical (unpaired) electrons. The number of nitrogens with zero attached hydrogens (tertiary/aromatic N) is 1. The zero-order chi connectivity index (χ0) is 5.98. The molecule has 0 aliphatic carbocycles. The first-order valence-electron chi connectivity index (χ1n) is 3.13. The van der Waals surface area contributed by atoms with E-state index in [2.05, 4.69) is 18.9 Å². The van der Waals surface area contributed by atoms with Crippen LogP contribution in [0, 0.1) is 0 Å². The van der Waals surface area contributed by atoms with Crippen molar-refractivity contribution in [3.05, 3.63) is 0 Å². The van der Waals surface area contributed by atoms with Crippen LogP contribution in [0.2, 0.25) is 0 Å². The Morgan fingerprint density at radius 1 is 1.75 bits per heavy atom. The largest absolute Gasteiger partial charge is 0.372 e. The molecule has 1 fully saturated rings. The summed E-state index contributed by atoms with van der Waals surface area (Å²) in [6.45, 7) is 5.36. The number of likely N-dealkylation sites (N-methyl/N-ethyl adjacent to an activating group) is 1. The third-order valence-corrected chi connectivity index (χ3v) is 1.46. The van der Waals surface area contributed by atoms with Gasteiger partial charge in [0.25, 0.3) is 0 Å². The van der Waals surface area contributed by atoms with E-state index in [-0.39, 0.29) is 0 Å². The Hall–Kier alpha value is -0.0800. The lowest BCUT2D eigenvalue weighted by Crippen LogP contribution is -2.22. The minimum Gasteiger partial charge on any atom is -0.372 e. The Morgan fingerprint density at radius 2 is 2.38 bits per heavy atom. The van der Waals surface area contributed by atoms with Crippen LogP contribution in [0.15, 0.2) is 0 Å². The summed E-state index contributed by atoms with van der Waals surface area (Å²) in [5.41, 5.74) is 0. The topological polar surface area (TPSA) is 15.8 Å². The van der Waals surface area contributed by atoms with Gasteiger partial charge in [-0.3, -0.25) is 0 Å². The average Bonchev–Trinajstić information content (AvgIpc) is 2.50. The second-order valence-corrected chi connectivity index (χ2v) is 2.31. The standard InChI is InChI=1S/C6H13NO/c1-3-7(2)4-6-5-8-6/h6H,3-5H2,1-2H3/t6-/m0/s1. The van der Waals surface area contributed by atoms with E-state index >= 15 is 0 Å². The van der Waals surface area contributed by atoms with Crippen LogP contribution in [0.5, 0.6) is 0 Å². The van der Waals surface area contributed by atoms with E-state index in [1.165, 1.54) is 0 Å². The maximum Gasteiger partial charge on any atom is 0.0936 e. The zero-order valence-electron chi connectivity index (χ0n) is 5.55. The van der Waals surface area contributed by atoms with Crippen LogP contribution in [0.25, 0.3) is 0 Å². The molecule has 0 bridgehead atoms. The normalized spacial score (nSPS) is 26.6. The van der Waals surface area contributed by atoms with Gasteiger partial charge >= 0.3 is 0 Å². The summed E-state index contributed by atoms with van der Waals surface area (Å²) < 4.78 is 5.04. The van der Waals surface area contributed by atoms with Crippen molar-refractivity contribution in [2.45, 2.75) is 13.0 Å². The predicted octanol–water partition coefficient (Wildman–Crippen LogP) is 0.337. The zero-order valence-corrected chi connectivity index (χ0v) is 5.55. The van der Waals surface area contributed by atoms with Gasteiger partial charge in [-0.2, -0.15) is 0 Å². The van der Waals surface area contributed by atoms with Crippen molar-refractivity contribution in [1.29, 1.82) is 0 Å². The quantitative estimate of drug-likeness (QED) is 0.493. The maximum absolute atomic E-state index is 5.04. The summed E-state index contributed by atoms with van der Waals surface area (Å²) in [6.07, 6.45) is 0.556. The Labute approximate surface area is 50.4 Å². The van der Waals surface area contributed by atoms with Crippen LogP contribution in [0.3, 0.4) is 0 Å². The van der Waals surface area contributed by atoms with Gasteiger partial charge in [-0.25, -0.2) is 0 Å². The van der Waals surface area contributed by atoms with Crippen molar-refractivity contribution in [3.63, 3.8) is 0 Å². The van der Waals surface area contributed by atoms with E-state index in [9.17, 15) is 0 Å². The highest BCUT2D eigenvalue weighted by molar-refractivity contribution is 4.71. The van der Waals surface area contributed by atoms with Gasteiger partial charge in [0.15, 0.2) is 0 Å². The molecule has 8 heavy (non-hydrogen) atoms. The molecule has 1 heterocycles. The van der Waals surface area contributed by atoms with Crippen molar-refractivity contribution in [3.8, 4) is 0 Å². The molecule has 1 atom stereocenters. The van der Waals surface area contributed by atoms with Crippen molar-refractivity contribution in [1.82, 2.24) is 4.90 Å². The summed E-state index contributed by atoms with van der Waals surface area (Å²) in [7, 11) is 2.11. The molecule has 1 saturated heterocycles. The molecule has 2 nitrogen and oxygen atoms in total. The van der Waals surface area contributed by atoms with Crippen LogP contribution in [-0.4, -0.2) is 37.7 Å². The Morgan fingerprint density at radius 3 is 2.75 bits per heavy atom. The molecule has 1 aliphatic rings. The second kappa shape index (κ2) is 2.46. The lowest BCUT2D eigenvalue weighted by Gasteiger charge is -2.09. The van der Waals surface area contributed by atoms with Crippen molar-refractivity contribution < 1.29 is 4.74 Å². The summed E-state index contributed by atoms with van der Waals surface area (Å²) >= 11 is 0. The smallest absolute Gasteiger partial charge is 0.0936 e. The van der Waals surface area contributed by atoms with Gasteiger partial charge in [-0.1, -0.05) is 6.92 Å². The lowest BCUT2D eigenvalue weighted by molar-refractivity contribution is 0.295. The Balaban J connectivity index is 1.98. The fourth-order valence-corrected chi connectivity index (χ4v) is 0.650. The number of hydrogen-bond acceptors (Lipinski definition) is 2. The molecule has 0 N–H and O–H groups in total. The number of hydrogen-bond donors (Lipinski definition) is 0. The van der Waals surface area contributed by atoms with E-state index in [0.29, 0.717) is 6.10 Å². The van der Waals surface area contributed by atoms with Gasteiger partial charge in [-0.05, 0) is 13.6 Å². The van der Waals surface area contributed by atoms with Gasteiger partial charge in [0.05, 0.1) is 12.7 Å². The molecule has 0 unspecified atom stereocenters. The highest BCUT2D eigenvalue weighted by Crippen LogP contribution is 2.08. The van der Waals surface area contributed by atoms with Crippen molar-refractivity contribution in [2.75, 3.05) is 26.7 Å². The van der Waals surface area contributed by atoms with Crippen LogP contribution in [0.1, 0.15) is 6.92 Å². The molecule has 48 valence electrons. The second-order valence-electron chi connectivity index (χ2n) is 2.31. The Bertz CT molecular complexity index is 70.9. The van der Waals surface area contributed by atoms with Crippen molar-refractivity contribution in [2.24, 2.45) is 0 Å². The van der Waals surface area contributed by atoms with E-state index in [1.807, 2.05) is 0 Å². The van der Waals surface area contributed by atoms with Crippen LogP contribution >= 0.6 is 0 Å². The van der Waals surface area contributed by atoms with Gasteiger partial charge in [0.2, 0.25) is 0 Å². The molecule has 0 saturated carbocycles. The molecule has 0 spiro atoms. The van der Waals surface area contributed by atoms with Gasteiger partial charge in [0.1, 0.15) is 0 Å². The van der Waals surface area contributed by atoms with E-state index in [0.717, 1.165) is 19.7 Å². The minimum absolute atomic E-state index is 0.556. The minimum atomic E-state index is 0.556. The molecule has 1 aliphatic heterocycles. The highest BCUT2D eigenvalue weighted by atomic mass is 16.6. The first-order chi connectivity index (χ1) is 3.83. The molecule has 1 rings (SSSR count). The average molecular weight is 115 g/mol. The third kappa shape index (κ3) is 1.80. The monoisotopic (exact) mass is 115 g/mol. The summed E-state index contributed by atoms with van der Waals surface area (Å²) in [5, 5.41) is 0. The number of rotatable bonds is 3. The van der Waals surface area contributed by atoms with Gasteiger partial charge in [-0.15, -0.1) is 0 Å². The number of ether oxygens (including phenoxy) is 1. The highest BCUT2D eigenvalue weighted by Gasteiger charge is 2.22. The first-order valence-corrected chi connectivity index (χ1v) is 3.13. The van der Waals surface area contributed by atoms with Gasteiger partial charge < -0.3 is 9.64 Å². The summed E-state index contributed by atoms with van der Waals surface area (Å²) in [5.74, 6) is 0. The van der Waals surface area contributed by atoms with E-state index in [1.54, 1.807) is 0 Å². The van der Waals surface area contributed by atoms with Crippen LogP contribution in [0.4, 0.5) is 0 Å². The van der Waals surface area contributed by atoms with Crippen molar-refractivity contribution >= 4 is 0 Å².